The maximum atomic E-state index is 12.8. The largest absolute Gasteiger partial charge is 0.398 e. The zero-order valence-corrected chi connectivity index (χ0v) is 10.3. The van der Waals surface area contributed by atoms with Crippen LogP contribution in [0.15, 0.2) is 12.1 Å². The second-order valence-corrected chi connectivity index (χ2v) is 4.22. The lowest BCUT2D eigenvalue weighted by molar-refractivity contribution is -0.0462. The number of alkyl halides is 2. The number of halogens is 2. The van der Waals surface area contributed by atoms with Crippen LogP contribution in [0.1, 0.15) is 21.5 Å². The maximum absolute atomic E-state index is 12.8. The van der Waals surface area contributed by atoms with Crippen molar-refractivity contribution in [2.45, 2.75) is 19.8 Å². The Kier molecular flexibility index (Phi) is 4.24. The van der Waals surface area contributed by atoms with E-state index in [2.05, 4.69) is 5.32 Å². The molecule has 0 saturated heterocycles. The molecule has 0 heterocycles. The number of aliphatic hydroxyl groups excluding tert-OH is 1. The van der Waals surface area contributed by atoms with Crippen molar-refractivity contribution in [3.05, 3.63) is 28.8 Å². The lowest BCUT2D eigenvalue weighted by atomic mass is 10.0. The fourth-order valence-electron chi connectivity index (χ4n) is 1.47. The van der Waals surface area contributed by atoms with E-state index in [4.69, 9.17) is 10.8 Å². The summed E-state index contributed by atoms with van der Waals surface area (Å²) in [5.41, 5.74) is 7.84. The Labute approximate surface area is 104 Å². The van der Waals surface area contributed by atoms with Gasteiger partial charge in [0.15, 0.2) is 0 Å². The van der Waals surface area contributed by atoms with Gasteiger partial charge in [-0.15, -0.1) is 0 Å². The molecule has 0 aromatic heterocycles. The summed E-state index contributed by atoms with van der Waals surface area (Å²) in [4.78, 5) is 11.7. The molecule has 1 aromatic carbocycles. The Morgan fingerprint density at radius 1 is 1.39 bits per heavy atom. The van der Waals surface area contributed by atoms with Crippen LogP contribution in [0.4, 0.5) is 14.5 Å². The monoisotopic (exact) mass is 258 g/mol. The van der Waals surface area contributed by atoms with Crippen LogP contribution in [0.2, 0.25) is 0 Å². The van der Waals surface area contributed by atoms with Gasteiger partial charge in [-0.1, -0.05) is 6.07 Å². The summed E-state index contributed by atoms with van der Waals surface area (Å²) in [5.74, 6) is -3.95. The van der Waals surface area contributed by atoms with Crippen LogP contribution >= 0.6 is 0 Å². The number of amides is 1. The summed E-state index contributed by atoms with van der Waals surface area (Å²) in [7, 11) is 0. The minimum absolute atomic E-state index is 0.256. The second kappa shape index (κ2) is 5.30. The van der Waals surface area contributed by atoms with E-state index < -0.39 is 25.0 Å². The van der Waals surface area contributed by atoms with Gasteiger partial charge >= 0.3 is 0 Å². The molecular weight excluding hydrogens is 242 g/mol. The third kappa shape index (κ3) is 3.40. The summed E-state index contributed by atoms with van der Waals surface area (Å²) in [6.45, 7) is 1.29. The van der Waals surface area contributed by atoms with Gasteiger partial charge in [-0.05, 0) is 31.0 Å². The summed E-state index contributed by atoms with van der Waals surface area (Å²) in [5, 5.41) is 10.5. The van der Waals surface area contributed by atoms with Gasteiger partial charge in [0.05, 0.1) is 6.54 Å². The zero-order valence-electron chi connectivity index (χ0n) is 10.3. The molecule has 0 radical (unpaired) electrons. The van der Waals surface area contributed by atoms with Gasteiger partial charge < -0.3 is 16.2 Å². The van der Waals surface area contributed by atoms with Crippen molar-refractivity contribution in [1.82, 2.24) is 5.32 Å². The van der Waals surface area contributed by atoms with E-state index >= 15 is 0 Å². The van der Waals surface area contributed by atoms with Gasteiger partial charge in [-0.3, -0.25) is 4.79 Å². The summed E-state index contributed by atoms with van der Waals surface area (Å²) in [6, 6.07) is 3.17. The molecule has 1 aromatic rings. The van der Waals surface area contributed by atoms with E-state index in [1.54, 1.807) is 19.9 Å². The van der Waals surface area contributed by atoms with Gasteiger partial charge in [0, 0.05) is 11.3 Å². The molecule has 0 saturated carbocycles. The highest BCUT2D eigenvalue weighted by Gasteiger charge is 2.28. The highest BCUT2D eigenvalue weighted by atomic mass is 19.3. The van der Waals surface area contributed by atoms with Crippen molar-refractivity contribution in [1.29, 1.82) is 0 Å². The molecule has 6 heteroatoms. The van der Waals surface area contributed by atoms with Crippen LogP contribution in [-0.4, -0.2) is 30.1 Å². The van der Waals surface area contributed by atoms with Gasteiger partial charge in [0.25, 0.3) is 11.8 Å². The van der Waals surface area contributed by atoms with Gasteiger partial charge in [0.2, 0.25) is 0 Å². The highest BCUT2D eigenvalue weighted by Crippen LogP contribution is 2.18. The molecule has 0 fully saturated rings. The number of carbonyl (C=O) groups is 1. The van der Waals surface area contributed by atoms with Gasteiger partial charge in [-0.2, -0.15) is 0 Å². The third-order valence-corrected chi connectivity index (χ3v) is 2.60. The number of aliphatic hydroxyl groups is 1. The molecule has 0 spiro atoms. The molecule has 100 valence electrons. The standard InChI is InChI=1S/C12H16F2N2O2/c1-7-3-8(2)10(15)4-9(7)11(18)16-5-12(13,14)6-17/h3-4,17H,5-6,15H2,1-2H3,(H,16,18). The quantitative estimate of drug-likeness (QED) is 0.711. The first kappa shape index (κ1) is 14.4. The van der Waals surface area contributed by atoms with Crippen molar-refractivity contribution in [3.8, 4) is 0 Å². The first-order valence-electron chi connectivity index (χ1n) is 5.40. The van der Waals surface area contributed by atoms with Crippen LogP contribution in [0, 0.1) is 13.8 Å². The normalized spacial score (nSPS) is 11.4. The molecule has 0 aliphatic heterocycles. The van der Waals surface area contributed by atoms with Gasteiger partial charge in [-0.25, -0.2) is 8.78 Å². The zero-order chi connectivity index (χ0) is 13.9. The third-order valence-electron chi connectivity index (χ3n) is 2.60. The van der Waals surface area contributed by atoms with E-state index in [0.717, 1.165) is 5.56 Å². The lowest BCUT2D eigenvalue weighted by Crippen LogP contribution is -2.39. The Balaban J connectivity index is 2.82. The molecule has 0 bridgehead atoms. The SMILES string of the molecule is Cc1cc(C)c(C(=O)NCC(F)(F)CO)cc1N. The van der Waals surface area contributed by atoms with Crippen molar-refractivity contribution >= 4 is 11.6 Å². The number of anilines is 1. The second-order valence-electron chi connectivity index (χ2n) is 4.22. The Bertz CT molecular complexity index is 462. The van der Waals surface area contributed by atoms with Crippen molar-refractivity contribution < 1.29 is 18.7 Å². The van der Waals surface area contributed by atoms with E-state index in [0.29, 0.717) is 11.3 Å². The van der Waals surface area contributed by atoms with Gasteiger partial charge in [0.1, 0.15) is 6.61 Å². The fourth-order valence-corrected chi connectivity index (χ4v) is 1.47. The van der Waals surface area contributed by atoms with Crippen LogP contribution in [-0.2, 0) is 0 Å². The summed E-state index contributed by atoms with van der Waals surface area (Å²) in [6.07, 6.45) is 0. The Hall–Kier alpha value is -1.69. The predicted molar refractivity (Wildman–Crippen MR) is 64.7 cm³/mol. The average Bonchev–Trinajstić information content (AvgIpc) is 2.31. The minimum atomic E-state index is -3.32. The van der Waals surface area contributed by atoms with Crippen LogP contribution in [0.3, 0.4) is 0 Å². The number of benzene rings is 1. The number of nitrogen functional groups attached to an aromatic ring is 1. The topological polar surface area (TPSA) is 75.3 Å². The maximum Gasteiger partial charge on any atom is 0.287 e. The van der Waals surface area contributed by atoms with E-state index in [9.17, 15) is 13.6 Å². The van der Waals surface area contributed by atoms with E-state index in [1.165, 1.54) is 6.07 Å². The lowest BCUT2D eigenvalue weighted by Gasteiger charge is -2.15. The highest BCUT2D eigenvalue weighted by molar-refractivity contribution is 5.96. The summed E-state index contributed by atoms with van der Waals surface area (Å²) >= 11 is 0. The predicted octanol–water partition coefficient (Wildman–Crippen LogP) is 1.24. The van der Waals surface area contributed by atoms with Crippen molar-refractivity contribution in [3.63, 3.8) is 0 Å². The molecule has 0 atom stereocenters. The minimum Gasteiger partial charge on any atom is -0.398 e. The van der Waals surface area contributed by atoms with Crippen molar-refractivity contribution in [2.75, 3.05) is 18.9 Å². The smallest absolute Gasteiger partial charge is 0.287 e. The number of carbonyl (C=O) groups excluding carboxylic acids is 1. The molecule has 1 amide bonds. The number of aryl methyl sites for hydroxylation is 2. The van der Waals surface area contributed by atoms with Crippen LogP contribution in [0.5, 0.6) is 0 Å². The molecular formula is C12H16F2N2O2. The van der Waals surface area contributed by atoms with Crippen molar-refractivity contribution in [2.24, 2.45) is 0 Å². The Morgan fingerprint density at radius 3 is 2.56 bits per heavy atom. The summed E-state index contributed by atoms with van der Waals surface area (Å²) < 4.78 is 25.6. The molecule has 4 nitrogen and oxygen atoms in total. The molecule has 0 aliphatic rings. The number of nitrogens with two attached hydrogens (primary N) is 1. The first-order valence-corrected chi connectivity index (χ1v) is 5.40. The molecule has 4 N–H and O–H groups in total. The molecule has 0 aliphatic carbocycles. The molecule has 1 rings (SSSR count). The number of rotatable bonds is 4. The number of hydrogen-bond acceptors (Lipinski definition) is 3. The Morgan fingerprint density at radius 2 is 2.00 bits per heavy atom. The van der Waals surface area contributed by atoms with Crippen LogP contribution in [0.25, 0.3) is 0 Å². The number of hydrogen-bond donors (Lipinski definition) is 3. The van der Waals surface area contributed by atoms with E-state index in [-0.39, 0.29) is 5.56 Å². The fraction of sp³-hybridized carbons (Fsp3) is 0.417. The number of nitrogens with one attached hydrogen (secondary N) is 1. The average molecular weight is 258 g/mol. The van der Waals surface area contributed by atoms with Crippen LogP contribution < -0.4 is 11.1 Å². The molecule has 18 heavy (non-hydrogen) atoms. The molecule has 0 unspecified atom stereocenters. The van der Waals surface area contributed by atoms with E-state index in [1.807, 2.05) is 0 Å². The first-order chi connectivity index (χ1) is 8.26.